The van der Waals surface area contributed by atoms with Gasteiger partial charge in [-0.15, -0.1) is 0 Å². The lowest BCUT2D eigenvalue weighted by Crippen LogP contribution is -2.26. The Kier molecular flexibility index (Phi) is 5.52. The molecule has 2 aromatic rings. The molecule has 2 aromatic carbocycles. The van der Waals surface area contributed by atoms with Crippen LogP contribution in [0.5, 0.6) is 0 Å². The quantitative estimate of drug-likeness (QED) is 0.845. The number of hydrogen-bond donors (Lipinski definition) is 1. The minimum Gasteiger partial charge on any atom is -0.481 e. The summed E-state index contributed by atoms with van der Waals surface area (Å²) in [4.78, 5) is 10.8. The van der Waals surface area contributed by atoms with Gasteiger partial charge < -0.3 is 5.11 Å². The third kappa shape index (κ3) is 4.64. The lowest BCUT2D eigenvalue weighted by Gasteiger charge is -2.17. The van der Waals surface area contributed by atoms with Crippen molar-refractivity contribution in [2.45, 2.75) is 24.3 Å². The Morgan fingerprint density at radius 2 is 1.61 bits per heavy atom. The summed E-state index contributed by atoms with van der Waals surface area (Å²) in [7, 11) is -2.03. The number of hydrogen-bond acceptors (Lipinski definition) is 3. The van der Waals surface area contributed by atoms with Gasteiger partial charge in [-0.1, -0.05) is 42.5 Å². The van der Waals surface area contributed by atoms with Gasteiger partial charge in [-0.3, -0.25) is 4.79 Å². The SMILES string of the molecule is CN(Cc1ccccc1)S(=O)(=O)c1ccc(CCC(=O)O)cc1. The first-order valence-electron chi connectivity index (χ1n) is 7.20. The van der Waals surface area contributed by atoms with Crippen molar-refractivity contribution in [3.63, 3.8) is 0 Å². The van der Waals surface area contributed by atoms with Crippen LogP contribution in [0.25, 0.3) is 0 Å². The van der Waals surface area contributed by atoms with Gasteiger partial charge in [-0.25, -0.2) is 8.42 Å². The zero-order chi connectivity index (χ0) is 16.9. The number of nitrogens with zero attached hydrogens (tertiary/aromatic N) is 1. The molecule has 0 heterocycles. The van der Waals surface area contributed by atoms with Crippen LogP contribution >= 0.6 is 0 Å². The average Bonchev–Trinajstić information content (AvgIpc) is 2.54. The second kappa shape index (κ2) is 7.39. The van der Waals surface area contributed by atoms with Crippen molar-refractivity contribution < 1.29 is 18.3 Å². The highest BCUT2D eigenvalue weighted by Gasteiger charge is 2.20. The summed E-state index contributed by atoms with van der Waals surface area (Å²) in [6.45, 7) is 0.296. The Morgan fingerprint density at radius 3 is 2.17 bits per heavy atom. The molecule has 0 aliphatic heterocycles. The molecule has 0 saturated carbocycles. The molecule has 0 aliphatic carbocycles. The molecule has 0 saturated heterocycles. The molecule has 1 N–H and O–H groups in total. The van der Waals surface area contributed by atoms with Crippen LogP contribution in [0.2, 0.25) is 0 Å². The van der Waals surface area contributed by atoms with E-state index in [1.807, 2.05) is 30.3 Å². The highest BCUT2D eigenvalue weighted by Crippen LogP contribution is 2.18. The van der Waals surface area contributed by atoms with Gasteiger partial charge in [0.05, 0.1) is 4.90 Å². The van der Waals surface area contributed by atoms with Crippen LogP contribution in [0, 0.1) is 0 Å². The van der Waals surface area contributed by atoms with Gasteiger partial charge in [-0.05, 0) is 29.7 Å². The van der Waals surface area contributed by atoms with Gasteiger partial charge in [0, 0.05) is 20.0 Å². The molecule has 0 fully saturated rings. The van der Waals surface area contributed by atoms with Crippen LogP contribution in [-0.4, -0.2) is 30.8 Å². The third-order valence-corrected chi connectivity index (χ3v) is 5.32. The summed E-state index contributed by atoms with van der Waals surface area (Å²) in [5, 5.41) is 8.67. The minimum absolute atomic E-state index is 0.0278. The zero-order valence-electron chi connectivity index (χ0n) is 12.8. The van der Waals surface area contributed by atoms with E-state index >= 15 is 0 Å². The summed E-state index contributed by atoms with van der Waals surface area (Å²) in [5.41, 5.74) is 1.72. The predicted molar refractivity (Wildman–Crippen MR) is 87.5 cm³/mol. The van der Waals surface area contributed by atoms with Crippen molar-refractivity contribution in [2.75, 3.05) is 7.05 Å². The van der Waals surface area contributed by atoms with E-state index in [-0.39, 0.29) is 11.3 Å². The number of rotatable bonds is 7. The second-order valence-corrected chi connectivity index (χ2v) is 7.33. The van der Waals surface area contributed by atoms with Crippen LogP contribution in [0.15, 0.2) is 59.5 Å². The number of sulfonamides is 1. The maximum Gasteiger partial charge on any atom is 0.303 e. The number of benzene rings is 2. The smallest absolute Gasteiger partial charge is 0.303 e. The number of aliphatic carboxylic acids is 1. The molecule has 6 heteroatoms. The molecule has 5 nitrogen and oxygen atoms in total. The Balaban J connectivity index is 2.10. The number of carboxylic acids is 1. The molecule has 23 heavy (non-hydrogen) atoms. The van der Waals surface area contributed by atoms with Gasteiger partial charge >= 0.3 is 5.97 Å². The summed E-state index contributed by atoms with van der Waals surface area (Å²) >= 11 is 0. The largest absolute Gasteiger partial charge is 0.481 e. The van der Waals surface area contributed by atoms with E-state index in [0.717, 1.165) is 11.1 Å². The summed E-state index contributed by atoms with van der Waals surface area (Å²) in [5.74, 6) is -0.871. The fraction of sp³-hybridized carbons (Fsp3) is 0.235. The topological polar surface area (TPSA) is 74.7 Å². The van der Waals surface area contributed by atoms with Gasteiger partial charge in [0.2, 0.25) is 10.0 Å². The number of carboxylic acid groups (broad SMARTS) is 1. The van der Waals surface area contributed by atoms with Gasteiger partial charge in [0.25, 0.3) is 0 Å². The lowest BCUT2D eigenvalue weighted by molar-refractivity contribution is -0.136. The molecule has 0 atom stereocenters. The highest BCUT2D eigenvalue weighted by molar-refractivity contribution is 7.89. The van der Waals surface area contributed by atoms with Crippen molar-refractivity contribution in [2.24, 2.45) is 0 Å². The first kappa shape index (κ1) is 17.2. The molecule has 0 amide bonds. The van der Waals surface area contributed by atoms with Crippen molar-refractivity contribution in [3.05, 3.63) is 65.7 Å². The van der Waals surface area contributed by atoms with E-state index in [0.29, 0.717) is 13.0 Å². The standard InChI is InChI=1S/C17H19NO4S/c1-18(13-15-5-3-2-4-6-15)23(21,22)16-10-7-14(8-11-16)9-12-17(19)20/h2-8,10-11H,9,12-13H2,1H3,(H,19,20). The summed E-state index contributed by atoms with van der Waals surface area (Å²) in [6, 6.07) is 15.7. The Bertz CT molecular complexity index is 755. The Hall–Kier alpha value is -2.18. The van der Waals surface area contributed by atoms with Crippen molar-refractivity contribution >= 4 is 16.0 Å². The molecule has 0 aliphatic rings. The molecular weight excluding hydrogens is 314 g/mol. The number of carbonyl (C=O) groups is 1. The fourth-order valence-corrected chi connectivity index (χ4v) is 3.34. The monoisotopic (exact) mass is 333 g/mol. The van der Waals surface area contributed by atoms with E-state index in [2.05, 4.69) is 0 Å². The maximum atomic E-state index is 12.5. The van der Waals surface area contributed by atoms with Gasteiger partial charge in [-0.2, -0.15) is 4.31 Å². The van der Waals surface area contributed by atoms with E-state index in [1.165, 1.54) is 16.4 Å². The van der Waals surface area contributed by atoms with Crippen molar-refractivity contribution in [3.8, 4) is 0 Å². The molecule has 0 aromatic heterocycles. The lowest BCUT2D eigenvalue weighted by atomic mass is 10.1. The van der Waals surface area contributed by atoms with Crippen LogP contribution in [0.4, 0.5) is 0 Å². The molecule has 0 unspecified atom stereocenters. The molecule has 2 rings (SSSR count). The van der Waals surface area contributed by atoms with E-state index in [1.54, 1.807) is 19.2 Å². The molecule has 0 radical (unpaired) electrons. The highest BCUT2D eigenvalue weighted by atomic mass is 32.2. The van der Waals surface area contributed by atoms with E-state index < -0.39 is 16.0 Å². The van der Waals surface area contributed by atoms with Crippen LogP contribution in [0.1, 0.15) is 17.5 Å². The molecule has 0 spiro atoms. The van der Waals surface area contributed by atoms with E-state index in [4.69, 9.17) is 5.11 Å². The second-order valence-electron chi connectivity index (χ2n) is 5.28. The summed E-state index contributed by atoms with van der Waals surface area (Å²) < 4.78 is 26.4. The van der Waals surface area contributed by atoms with Crippen molar-refractivity contribution in [1.82, 2.24) is 4.31 Å². The van der Waals surface area contributed by atoms with Crippen LogP contribution in [0.3, 0.4) is 0 Å². The fourth-order valence-electron chi connectivity index (χ4n) is 2.18. The van der Waals surface area contributed by atoms with Gasteiger partial charge in [0.15, 0.2) is 0 Å². The number of aryl methyl sites for hydroxylation is 1. The van der Waals surface area contributed by atoms with Crippen LogP contribution < -0.4 is 0 Å². The van der Waals surface area contributed by atoms with Crippen molar-refractivity contribution in [1.29, 1.82) is 0 Å². The summed E-state index contributed by atoms with van der Waals surface area (Å²) in [6.07, 6.45) is 0.412. The Morgan fingerprint density at radius 1 is 1.00 bits per heavy atom. The molecule has 0 bridgehead atoms. The minimum atomic E-state index is -3.57. The first-order valence-corrected chi connectivity index (χ1v) is 8.64. The third-order valence-electron chi connectivity index (χ3n) is 3.51. The van der Waals surface area contributed by atoms with E-state index in [9.17, 15) is 13.2 Å². The molecular formula is C17H19NO4S. The van der Waals surface area contributed by atoms with Crippen LogP contribution in [-0.2, 0) is 27.8 Å². The Labute approximate surface area is 136 Å². The van der Waals surface area contributed by atoms with Gasteiger partial charge in [0.1, 0.15) is 0 Å². The predicted octanol–water partition coefficient (Wildman–Crippen LogP) is 2.52. The first-order chi connectivity index (χ1) is 10.9. The zero-order valence-corrected chi connectivity index (χ0v) is 13.7. The maximum absolute atomic E-state index is 12.5. The molecule has 122 valence electrons. The average molecular weight is 333 g/mol. The normalized spacial score (nSPS) is 11.6.